The van der Waals surface area contributed by atoms with Crippen molar-refractivity contribution in [2.75, 3.05) is 0 Å². The van der Waals surface area contributed by atoms with E-state index in [1.807, 2.05) is 12.1 Å². The van der Waals surface area contributed by atoms with Crippen LogP contribution in [0.5, 0.6) is 0 Å². The third-order valence-electron chi connectivity index (χ3n) is 4.23. The standard InChI is InChI=1S/C22H26N3PS/c1-22(2,3)23-21(27)24-26(18-12-7-5-8-13-18,19-14-9-6-10-15-19)20-16-11-17-25(20)4/h5-17H,1-4H3,(H,23,27). The molecule has 0 unspecified atom stereocenters. The summed E-state index contributed by atoms with van der Waals surface area (Å²) in [6.07, 6.45) is 2.08. The Morgan fingerprint density at radius 3 is 1.81 bits per heavy atom. The summed E-state index contributed by atoms with van der Waals surface area (Å²) in [5.74, 6) is 0. The first-order valence-electron chi connectivity index (χ1n) is 9.00. The lowest BCUT2D eigenvalue weighted by Gasteiger charge is -2.29. The van der Waals surface area contributed by atoms with Crippen LogP contribution in [0.15, 0.2) is 83.7 Å². The van der Waals surface area contributed by atoms with Crippen LogP contribution >= 0.6 is 19.3 Å². The first-order valence-corrected chi connectivity index (χ1v) is 11.2. The smallest absolute Gasteiger partial charge is 0.192 e. The number of hydrogen-bond donors (Lipinski definition) is 1. The molecule has 3 aromatic rings. The molecule has 0 amide bonds. The zero-order chi connectivity index (χ0) is 19.5. The van der Waals surface area contributed by atoms with E-state index in [1.165, 1.54) is 16.0 Å². The molecule has 0 atom stereocenters. The number of rotatable bonds is 3. The molecule has 0 bridgehead atoms. The maximum absolute atomic E-state index is 5.71. The van der Waals surface area contributed by atoms with Crippen molar-refractivity contribution in [3.05, 3.63) is 79.0 Å². The summed E-state index contributed by atoms with van der Waals surface area (Å²) in [5.41, 5.74) is 1.04. The second kappa shape index (κ2) is 7.84. The molecule has 1 N–H and O–H groups in total. The maximum Gasteiger partial charge on any atom is 0.192 e. The summed E-state index contributed by atoms with van der Waals surface area (Å²) < 4.78 is 7.41. The topological polar surface area (TPSA) is 29.3 Å². The van der Waals surface area contributed by atoms with E-state index in [2.05, 4.69) is 105 Å². The van der Waals surface area contributed by atoms with Crippen LogP contribution in [0.1, 0.15) is 20.8 Å². The van der Waals surface area contributed by atoms with Gasteiger partial charge in [0, 0.05) is 29.4 Å². The van der Waals surface area contributed by atoms with E-state index < -0.39 is 7.05 Å². The lowest BCUT2D eigenvalue weighted by molar-refractivity contribution is 0.513. The molecule has 0 fully saturated rings. The number of hydrogen-bond acceptors (Lipinski definition) is 1. The summed E-state index contributed by atoms with van der Waals surface area (Å²) in [5, 5.41) is 6.31. The Bertz CT molecular complexity index is 926. The quantitative estimate of drug-likeness (QED) is 0.533. The van der Waals surface area contributed by atoms with Crippen LogP contribution in [0, 0.1) is 0 Å². The number of nitrogens with zero attached hydrogens (tertiary/aromatic N) is 2. The highest BCUT2D eigenvalue weighted by Crippen LogP contribution is 2.46. The molecule has 27 heavy (non-hydrogen) atoms. The Hall–Kier alpha value is -2.16. The predicted octanol–water partition coefficient (Wildman–Crippen LogP) is 4.18. The molecule has 0 saturated heterocycles. The van der Waals surface area contributed by atoms with E-state index in [1.54, 1.807) is 0 Å². The van der Waals surface area contributed by atoms with Crippen molar-refractivity contribution in [3.63, 3.8) is 0 Å². The van der Waals surface area contributed by atoms with Crippen molar-refractivity contribution < 1.29 is 0 Å². The van der Waals surface area contributed by atoms with Gasteiger partial charge in [0.1, 0.15) is 0 Å². The van der Waals surface area contributed by atoms with Crippen LogP contribution in [0.25, 0.3) is 0 Å². The van der Waals surface area contributed by atoms with E-state index in [9.17, 15) is 0 Å². The molecule has 0 saturated carbocycles. The number of aryl methyl sites for hydroxylation is 1. The van der Waals surface area contributed by atoms with Crippen LogP contribution in [0.4, 0.5) is 0 Å². The average Bonchev–Trinajstić information content (AvgIpc) is 3.06. The highest BCUT2D eigenvalue weighted by atomic mass is 32.1. The molecule has 0 aliphatic carbocycles. The van der Waals surface area contributed by atoms with Crippen molar-refractivity contribution in [3.8, 4) is 0 Å². The molecule has 0 radical (unpaired) electrons. The van der Waals surface area contributed by atoms with E-state index >= 15 is 0 Å². The average molecular weight is 396 g/mol. The SMILES string of the molecule is Cn1cccc1P(=NC(=S)NC(C)(C)C)(c1ccccc1)c1ccccc1. The molecule has 0 aliphatic heterocycles. The van der Waals surface area contributed by atoms with Gasteiger partial charge in [-0.25, -0.2) is 4.74 Å². The van der Waals surface area contributed by atoms with Crippen molar-refractivity contribution in [2.24, 2.45) is 11.8 Å². The molecular weight excluding hydrogens is 369 g/mol. The van der Waals surface area contributed by atoms with E-state index in [0.717, 1.165) is 0 Å². The Balaban J connectivity index is 2.37. The van der Waals surface area contributed by atoms with E-state index in [4.69, 9.17) is 17.0 Å². The minimum Gasteiger partial charge on any atom is -0.356 e. The van der Waals surface area contributed by atoms with Crippen LogP contribution in [-0.2, 0) is 7.05 Å². The van der Waals surface area contributed by atoms with Crippen LogP contribution in [-0.4, -0.2) is 15.2 Å². The molecule has 3 nitrogen and oxygen atoms in total. The first kappa shape index (κ1) is 19.6. The lowest BCUT2D eigenvalue weighted by atomic mass is 10.1. The summed E-state index contributed by atoms with van der Waals surface area (Å²) >= 11 is 5.71. The first-order chi connectivity index (χ1) is 12.8. The Kier molecular flexibility index (Phi) is 5.69. The Labute approximate surface area is 167 Å². The minimum atomic E-state index is -2.30. The van der Waals surface area contributed by atoms with E-state index in [-0.39, 0.29) is 5.54 Å². The number of aromatic nitrogens is 1. The van der Waals surface area contributed by atoms with Gasteiger partial charge in [-0.15, -0.1) is 0 Å². The highest BCUT2D eigenvalue weighted by molar-refractivity contribution is 7.88. The van der Waals surface area contributed by atoms with Crippen molar-refractivity contribution in [1.82, 2.24) is 9.88 Å². The van der Waals surface area contributed by atoms with Gasteiger partial charge in [0.15, 0.2) is 5.11 Å². The molecule has 0 aliphatic rings. The van der Waals surface area contributed by atoms with Crippen molar-refractivity contribution in [1.29, 1.82) is 0 Å². The monoisotopic (exact) mass is 395 g/mol. The minimum absolute atomic E-state index is 0.141. The summed E-state index contributed by atoms with van der Waals surface area (Å²) in [6.45, 7) is 6.30. The molecule has 5 heteroatoms. The lowest BCUT2D eigenvalue weighted by Crippen LogP contribution is -2.40. The summed E-state index contributed by atoms with van der Waals surface area (Å²) in [6, 6.07) is 25.3. The molecule has 3 rings (SSSR count). The fraction of sp³-hybridized carbons (Fsp3) is 0.227. The zero-order valence-electron chi connectivity index (χ0n) is 16.3. The van der Waals surface area contributed by atoms with Gasteiger partial charge < -0.3 is 9.88 Å². The van der Waals surface area contributed by atoms with Gasteiger partial charge in [0.2, 0.25) is 0 Å². The summed E-state index contributed by atoms with van der Waals surface area (Å²) in [4.78, 5) is 0. The normalized spacial score (nSPS) is 11.9. The fourth-order valence-corrected chi connectivity index (χ4v) is 7.33. The van der Waals surface area contributed by atoms with E-state index in [0.29, 0.717) is 5.11 Å². The number of nitrogens with one attached hydrogen (secondary N) is 1. The molecule has 1 aromatic heterocycles. The largest absolute Gasteiger partial charge is 0.356 e. The third kappa shape index (κ3) is 4.23. The molecule has 2 aromatic carbocycles. The Morgan fingerprint density at radius 2 is 1.41 bits per heavy atom. The highest BCUT2D eigenvalue weighted by Gasteiger charge is 2.30. The van der Waals surface area contributed by atoms with Crippen LogP contribution in [0.3, 0.4) is 0 Å². The van der Waals surface area contributed by atoms with Crippen LogP contribution < -0.4 is 21.4 Å². The second-order valence-electron chi connectivity index (χ2n) is 7.56. The molecule has 140 valence electrons. The second-order valence-corrected chi connectivity index (χ2v) is 10.9. The fourth-order valence-electron chi connectivity index (χ4n) is 3.14. The van der Waals surface area contributed by atoms with Crippen LogP contribution in [0.2, 0.25) is 0 Å². The third-order valence-corrected chi connectivity index (χ3v) is 8.28. The van der Waals surface area contributed by atoms with Gasteiger partial charge in [-0.05, 0) is 45.1 Å². The van der Waals surface area contributed by atoms with Gasteiger partial charge in [-0.3, -0.25) is 0 Å². The Morgan fingerprint density at radius 1 is 0.889 bits per heavy atom. The number of thiocarbonyl (C=S) groups is 1. The molecular formula is C22H26N3PS. The zero-order valence-corrected chi connectivity index (χ0v) is 18.0. The molecule has 1 heterocycles. The number of benzene rings is 2. The summed E-state index contributed by atoms with van der Waals surface area (Å²) in [7, 11) is -0.226. The predicted molar refractivity (Wildman–Crippen MR) is 122 cm³/mol. The van der Waals surface area contributed by atoms with Gasteiger partial charge in [-0.1, -0.05) is 60.7 Å². The van der Waals surface area contributed by atoms with Gasteiger partial charge in [0.25, 0.3) is 0 Å². The van der Waals surface area contributed by atoms with Gasteiger partial charge in [0.05, 0.1) is 12.5 Å². The maximum atomic E-state index is 5.71. The van der Waals surface area contributed by atoms with Gasteiger partial charge in [-0.2, -0.15) is 0 Å². The van der Waals surface area contributed by atoms with Crippen molar-refractivity contribution >= 4 is 40.4 Å². The van der Waals surface area contributed by atoms with Gasteiger partial charge >= 0.3 is 0 Å². The molecule has 0 spiro atoms. The van der Waals surface area contributed by atoms with Crippen molar-refractivity contribution in [2.45, 2.75) is 26.3 Å².